The molecule has 1 heterocycles. The third-order valence-corrected chi connectivity index (χ3v) is 5.31. The lowest BCUT2D eigenvalue weighted by Gasteiger charge is -2.26. The van der Waals surface area contributed by atoms with Crippen LogP contribution >= 0.6 is 0 Å². The van der Waals surface area contributed by atoms with Crippen molar-refractivity contribution >= 4 is 23.2 Å². The summed E-state index contributed by atoms with van der Waals surface area (Å²) in [5.74, 6) is 1.31. The first-order valence-corrected chi connectivity index (χ1v) is 11.2. The van der Waals surface area contributed by atoms with Crippen molar-refractivity contribution < 1.29 is 14.3 Å². The summed E-state index contributed by atoms with van der Waals surface area (Å²) in [4.78, 5) is 26.9. The number of anilines is 2. The number of nitrogens with zero attached hydrogens (tertiary/aromatic N) is 1. The first kappa shape index (κ1) is 22.7. The average molecular weight is 424 g/mol. The summed E-state index contributed by atoms with van der Waals surface area (Å²) >= 11 is 0. The van der Waals surface area contributed by atoms with Crippen molar-refractivity contribution in [2.24, 2.45) is 5.92 Å². The van der Waals surface area contributed by atoms with Gasteiger partial charge in [0.25, 0.3) is 5.91 Å². The third-order valence-electron chi connectivity index (χ3n) is 5.31. The van der Waals surface area contributed by atoms with E-state index in [9.17, 15) is 9.59 Å². The lowest BCUT2D eigenvalue weighted by Crippen LogP contribution is -2.35. The molecule has 3 rings (SSSR count). The minimum absolute atomic E-state index is 0.0588. The normalized spacial score (nSPS) is 13.7. The zero-order valence-corrected chi connectivity index (χ0v) is 18.5. The SMILES string of the molecule is CC(C)CCOc1ccc(NC(=O)CNc2cccc(C(=O)N3CCCCC3)c2)cc1. The smallest absolute Gasteiger partial charge is 0.253 e. The van der Waals surface area contributed by atoms with E-state index in [0.29, 0.717) is 18.1 Å². The van der Waals surface area contributed by atoms with E-state index >= 15 is 0 Å². The Morgan fingerprint density at radius 2 is 1.74 bits per heavy atom. The van der Waals surface area contributed by atoms with Crippen molar-refractivity contribution in [3.8, 4) is 5.75 Å². The monoisotopic (exact) mass is 423 g/mol. The maximum Gasteiger partial charge on any atom is 0.253 e. The molecule has 0 bridgehead atoms. The van der Waals surface area contributed by atoms with E-state index in [0.717, 1.165) is 49.5 Å². The van der Waals surface area contributed by atoms with Gasteiger partial charge in [0.1, 0.15) is 5.75 Å². The summed E-state index contributed by atoms with van der Waals surface area (Å²) in [5.41, 5.74) is 2.13. The molecule has 1 aliphatic heterocycles. The van der Waals surface area contributed by atoms with Crippen LogP contribution < -0.4 is 15.4 Å². The Kier molecular flexibility index (Phi) is 8.33. The highest BCUT2D eigenvalue weighted by Gasteiger charge is 2.18. The van der Waals surface area contributed by atoms with E-state index < -0.39 is 0 Å². The van der Waals surface area contributed by atoms with Gasteiger partial charge >= 0.3 is 0 Å². The molecule has 166 valence electrons. The van der Waals surface area contributed by atoms with Crippen LogP contribution in [0.1, 0.15) is 49.9 Å². The number of piperidine rings is 1. The summed E-state index contributed by atoms with van der Waals surface area (Å²) in [7, 11) is 0. The van der Waals surface area contributed by atoms with Gasteiger partial charge in [0.2, 0.25) is 5.91 Å². The molecule has 0 radical (unpaired) electrons. The van der Waals surface area contributed by atoms with E-state index in [1.54, 1.807) is 0 Å². The van der Waals surface area contributed by atoms with Gasteiger partial charge < -0.3 is 20.3 Å². The summed E-state index contributed by atoms with van der Waals surface area (Å²) in [6, 6.07) is 14.7. The molecule has 0 saturated carbocycles. The maximum absolute atomic E-state index is 12.7. The summed E-state index contributed by atoms with van der Waals surface area (Å²) in [6.45, 7) is 6.78. The van der Waals surface area contributed by atoms with Gasteiger partial charge in [-0.1, -0.05) is 19.9 Å². The first-order valence-electron chi connectivity index (χ1n) is 11.2. The number of ether oxygens (including phenoxy) is 1. The Morgan fingerprint density at radius 1 is 1.00 bits per heavy atom. The molecule has 0 atom stereocenters. The summed E-state index contributed by atoms with van der Waals surface area (Å²) < 4.78 is 5.70. The zero-order chi connectivity index (χ0) is 22.1. The molecule has 2 N–H and O–H groups in total. The number of nitrogens with one attached hydrogen (secondary N) is 2. The van der Waals surface area contributed by atoms with E-state index in [-0.39, 0.29) is 18.4 Å². The van der Waals surface area contributed by atoms with Crippen LogP contribution in [0.15, 0.2) is 48.5 Å². The molecular weight excluding hydrogens is 390 g/mol. The van der Waals surface area contributed by atoms with Crippen LogP contribution in [0, 0.1) is 5.92 Å². The van der Waals surface area contributed by atoms with Crippen molar-refractivity contribution in [2.75, 3.05) is 36.9 Å². The van der Waals surface area contributed by atoms with E-state index in [1.165, 1.54) is 6.42 Å². The molecule has 0 spiro atoms. The number of rotatable bonds is 9. The molecule has 31 heavy (non-hydrogen) atoms. The quantitative estimate of drug-likeness (QED) is 0.608. The lowest BCUT2D eigenvalue weighted by atomic mass is 10.1. The third kappa shape index (κ3) is 7.31. The molecular formula is C25H33N3O3. The molecule has 0 aliphatic carbocycles. The van der Waals surface area contributed by atoms with Crippen molar-refractivity contribution in [3.63, 3.8) is 0 Å². The Bertz CT molecular complexity index is 859. The molecule has 0 unspecified atom stereocenters. The minimum Gasteiger partial charge on any atom is -0.494 e. The number of hydrogen-bond acceptors (Lipinski definition) is 4. The lowest BCUT2D eigenvalue weighted by molar-refractivity contribution is -0.114. The van der Waals surface area contributed by atoms with Crippen LogP contribution in [0.4, 0.5) is 11.4 Å². The predicted molar refractivity (Wildman–Crippen MR) is 125 cm³/mol. The molecule has 2 aromatic rings. The molecule has 6 heteroatoms. The zero-order valence-electron chi connectivity index (χ0n) is 18.5. The molecule has 6 nitrogen and oxygen atoms in total. The Morgan fingerprint density at radius 3 is 2.45 bits per heavy atom. The first-order chi connectivity index (χ1) is 15.0. The van der Waals surface area contributed by atoms with Crippen LogP contribution in [0.5, 0.6) is 5.75 Å². The highest BCUT2D eigenvalue weighted by molar-refractivity contribution is 5.96. The minimum atomic E-state index is -0.152. The maximum atomic E-state index is 12.7. The van der Waals surface area contributed by atoms with Gasteiger partial charge in [-0.15, -0.1) is 0 Å². The molecule has 2 aromatic carbocycles. The van der Waals surface area contributed by atoms with Gasteiger partial charge in [-0.05, 0) is 74.1 Å². The van der Waals surface area contributed by atoms with Crippen LogP contribution in [0.25, 0.3) is 0 Å². The Labute approximate surface area is 185 Å². The van der Waals surface area contributed by atoms with E-state index in [1.807, 2.05) is 53.4 Å². The molecule has 1 saturated heterocycles. The highest BCUT2D eigenvalue weighted by Crippen LogP contribution is 2.18. The van der Waals surface area contributed by atoms with Crippen LogP contribution in [0.2, 0.25) is 0 Å². The topological polar surface area (TPSA) is 70.7 Å². The number of benzene rings is 2. The summed E-state index contributed by atoms with van der Waals surface area (Å²) in [6.07, 6.45) is 4.33. The number of carbonyl (C=O) groups excluding carboxylic acids is 2. The van der Waals surface area contributed by atoms with Crippen molar-refractivity contribution in [1.82, 2.24) is 4.90 Å². The van der Waals surface area contributed by atoms with Gasteiger partial charge in [0, 0.05) is 30.0 Å². The fourth-order valence-corrected chi connectivity index (χ4v) is 3.48. The van der Waals surface area contributed by atoms with Crippen LogP contribution in [0.3, 0.4) is 0 Å². The van der Waals surface area contributed by atoms with Crippen molar-refractivity contribution in [3.05, 3.63) is 54.1 Å². The van der Waals surface area contributed by atoms with Crippen molar-refractivity contribution in [2.45, 2.75) is 39.5 Å². The van der Waals surface area contributed by atoms with Crippen molar-refractivity contribution in [1.29, 1.82) is 0 Å². The molecule has 2 amide bonds. The second-order valence-corrected chi connectivity index (χ2v) is 8.39. The van der Waals surface area contributed by atoms with Crippen LogP contribution in [-0.4, -0.2) is 43.0 Å². The van der Waals surface area contributed by atoms with E-state index in [4.69, 9.17) is 4.74 Å². The van der Waals surface area contributed by atoms with Crippen LogP contribution in [-0.2, 0) is 4.79 Å². The van der Waals surface area contributed by atoms with Gasteiger partial charge in [-0.3, -0.25) is 9.59 Å². The molecule has 0 aromatic heterocycles. The number of carbonyl (C=O) groups is 2. The van der Waals surface area contributed by atoms with Gasteiger partial charge in [-0.2, -0.15) is 0 Å². The average Bonchev–Trinajstić information content (AvgIpc) is 2.79. The Hall–Kier alpha value is -3.02. The number of likely N-dealkylation sites (tertiary alicyclic amines) is 1. The number of hydrogen-bond donors (Lipinski definition) is 2. The fraction of sp³-hybridized carbons (Fsp3) is 0.440. The highest BCUT2D eigenvalue weighted by atomic mass is 16.5. The van der Waals surface area contributed by atoms with Gasteiger partial charge in [0.05, 0.1) is 13.2 Å². The second-order valence-electron chi connectivity index (χ2n) is 8.39. The van der Waals surface area contributed by atoms with Gasteiger partial charge in [-0.25, -0.2) is 0 Å². The predicted octanol–water partition coefficient (Wildman–Crippen LogP) is 4.79. The van der Waals surface area contributed by atoms with Gasteiger partial charge in [0.15, 0.2) is 0 Å². The largest absolute Gasteiger partial charge is 0.494 e. The molecule has 1 fully saturated rings. The summed E-state index contributed by atoms with van der Waals surface area (Å²) in [5, 5.41) is 5.98. The fourth-order valence-electron chi connectivity index (χ4n) is 3.48. The molecule has 1 aliphatic rings. The Balaban J connectivity index is 1.46. The standard InChI is InChI=1S/C25H33N3O3/c1-19(2)13-16-31-23-11-9-21(10-12-23)27-24(29)18-26-22-8-6-7-20(17-22)25(30)28-14-4-3-5-15-28/h6-12,17,19,26H,3-5,13-16,18H2,1-2H3,(H,27,29). The second kappa shape index (κ2) is 11.4. The van der Waals surface area contributed by atoms with E-state index in [2.05, 4.69) is 24.5 Å². The number of amides is 2.